The Labute approximate surface area is 152 Å². The zero-order valence-electron chi connectivity index (χ0n) is 14.0. The number of carbonyl (C=O) groups excluding carboxylic acids is 2. The highest BCUT2D eigenvalue weighted by Gasteiger charge is 2.07. The first-order valence-electron chi connectivity index (χ1n) is 7.65. The lowest BCUT2D eigenvalue weighted by molar-refractivity contribution is -0.116. The molecule has 0 bridgehead atoms. The molecular weight excluding hydrogens is 334 g/mol. The number of benzene rings is 2. The van der Waals surface area contributed by atoms with Crippen LogP contribution in [0.5, 0.6) is 0 Å². The molecule has 0 fully saturated rings. The first-order chi connectivity index (χ1) is 12.0. The number of hydrogen-bond acceptors (Lipinski definition) is 3. The summed E-state index contributed by atoms with van der Waals surface area (Å²) in [5, 5.41) is 5.70. The van der Waals surface area contributed by atoms with Gasteiger partial charge in [0.25, 0.3) is 0 Å². The van der Waals surface area contributed by atoms with Gasteiger partial charge in [-0.2, -0.15) is 0 Å². The maximum absolute atomic E-state index is 11.9. The van der Waals surface area contributed by atoms with Gasteiger partial charge < -0.3 is 10.2 Å². The highest BCUT2D eigenvalue weighted by Crippen LogP contribution is 2.18. The molecule has 128 valence electrons. The summed E-state index contributed by atoms with van der Waals surface area (Å²) in [6.07, 6.45) is 3.13. The van der Waals surface area contributed by atoms with E-state index in [1.54, 1.807) is 31.3 Å². The third-order valence-corrected chi connectivity index (χ3v) is 3.63. The topological polar surface area (TPSA) is 61.4 Å². The van der Waals surface area contributed by atoms with Crippen LogP contribution < -0.4 is 15.5 Å². The zero-order chi connectivity index (χ0) is 18.2. The van der Waals surface area contributed by atoms with Crippen molar-refractivity contribution >= 4 is 46.6 Å². The minimum atomic E-state index is -0.321. The summed E-state index contributed by atoms with van der Waals surface area (Å²) in [7, 11) is 1.69. The van der Waals surface area contributed by atoms with Crippen molar-refractivity contribution in [3.05, 3.63) is 66.2 Å². The standard InChI is InChI=1S/C19H19N3O2S/c1-14(23)22(2)17-10-6-9-16(13-17)20-19(25)21-18(24)12-11-15-7-4-3-5-8-15/h3-13H,1-2H3,(H2,20,21,24,25)/b12-11+. The van der Waals surface area contributed by atoms with Gasteiger partial charge in [0, 0.05) is 31.4 Å². The second kappa shape index (κ2) is 8.75. The normalized spacial score (nSPS) is 10.3. The Morgan fingerprint density at radius 3 is 2.48 bits per heavy atom. The van der Waals surface area contributed by atoms with Crippen molar-refractivity contribution in [3.63, 3.8) is 0 Å². The predicted octanol–water partition coefficient (Wildman–Crippen LogP) is 3.20. The van der Waals surface area contributed by atoms with Crippen LogP contribution in [-0.4, -0.2) is 24.0 Å². The number of carbonyl (C=O) groups is 2. The number of hydrogen-bond donors (Lipinski definition) is 2. The van der Waals surface area contributed by atoms with Crippen LogP contribution in [0.4, 0.5) is 11.4 Å². The monoisotopic (exact) mass is 353 g/mol. The van der Waals surface area contributed by atoms with Crippen molar-refractivity contribution in [1.29, 1.82) is 0 Å². The van der Waals surface area contributed by atoms with Gasteiger partial charge in [0.2, 0.25) is 11.8 Å². The van der Waals surface area contributed by atoms with Crippen molar-refractivity contribution in [1.82, 2.24) is 5.32 Å². The van der Waals surface area contributed by atoms with Gasteiger partial charge in [0.05, 0.1) is 0 Å². The maximum Gasteiger partial charge on any atom is 0.250 e. The summed E-state index contributed by atoms with van der Waals surface area (Å²) in [5.74, 6) is -0.391. The van der Waals surface area contributed by atoms with E-state index >= 15 is 0 Å². The molecule has 6 heteroatoms. The largest absolute Gasteiger partial charge is 0.332 e. The van der Waals surface area contributed by atoms with Crippen molar-refractivity contribution in [2.24, 2.45) is 0 Å². The summed E-state index contributed by atoms with van der Waals surface area (Å²) in [6.45, 7) is 1.49. The lowest BCUT2D eigenvalue weighted by atomic mass is 10.2. The number of nitrogens with zero attached hydrogens (tertiary/aromatic N) is 1. The second-order valence-corrected chi connectivity index (χ2v) is 5.72. The Bertz CT molecular complexity index is 803. The van der Waals surface area contributed by atoms with E-state index in [1.807, 2.05) is 36.4 Å². The summed E-state index contributed by atoms with van der Waals surface area (Å²) in [4.78, 5) is 24.9. The minimum Gasteiger partial charge on any atom is -0.332 e. The van der Waals surface area contributed by atoms with E-state index in [0.717, 1.165) is 11.3 Å². The van der Waals surface area contributed by atoms with E-state index in [1.165, 1.54) is 17.9 Å². The molecular formula is C19H19N3O2S. The molecule has 0 saturated heterocycles. The molecule has 0 aliphatic rings. The van der Waals surface area contributed by atoms with Gasteiger partial charge in [0.15, 0.2) is 5.11 Å². The SMILES string of the molecule is CC(=O)N(C)c1cccc(NC(=S)NC(=O)/C=C/c2ccccc2)c1. The molecule has 0 heterocycles. The average molecular weight is 353 g/mol. The highest BCUT2D eigenvalue weighted by molar-refractivity contribution is 7.80. The zero-order valence-corrected chi connectivity index (χ0v) is 14.8. The van der Waals surface area contributed by atoms with Crippen molar-refractivity contribution in [2.75, 3.05) is 17.3 Å². The molecule has 2 aromatic carbocycles. The quantitative estimate of drug-likeness (QED) is 0.655. The van der Waals surface area contributed by atoms with Crippen molar-refractivity contribution in [2.45, 2.75) is 6.92 Å². The average Bonchev–Trinajstić information content (AvgIpc) is 2.60. The molecule has 5 nitrogen and oxygen atoms in total. The van der Waals surface area contributed by atoms with E-state index in [2.05, 4.69) is 10.6 Å². The molecule has 0 aromatic heterocycles. The Balaban J connectivity index is 1.94. The molecule has 2 aromatic rings. The van der Waals surface area contributed by atoms with Crippen molar-refractivity contribution < 1.29 is 9.59 Å². The predicted molar refractivity (Wildman–Crippen MR) is 105 cm³/mol. The number of amides is 2. The van der Waals surface area contributed by atoms with E-state index in [4.69, 9.17) is 12.2 Å². The van der Waals surface area contributed by atoms with Crippen LogP contribution in [0.3, 0.4) is 0 Å². The molecule has 2 N–H and O–H groups in total. The first kappa shape index (κ1) is 18.4. The Morgan fingerprint density at radius 1 is 1.08 bits per heavy atom. The molecule has 2 rings (SSSR count). The Kier molecular flexibility index (Phi) is 6.42. The third-order valence-electron chi connectivity index (χ3n) is 3.43. The fourth-order valence-electron chi connectivity index (χ4n) is 2.03. The lowest BCUT2D eigenvalue weighted by Crippen LogP contribution is -2.32. The number of nitrogens with one attached hydrogen (secondary N) is 2. The van der Waals surface area contributed by atoms with Crippen LogP contribution >= 0.6 is 12.2 Å². The Morgan fingerprint density at radius 2 is 1.80 bits per heavy atom. The minimum absolute atomic E-state index is 0.0703. The summed E-state index contributed by atoms with van der Waals surface area (Å²) < 4.78 is 0. The van der Waals surface area contributed by atoms with Crippen molar-refractivity contribution in [3.8, 4) is 0 Å². The fraction of sp³-hybridized carbons (Fsp3) is 0.105. The van der Waals surface area contributed by atoms with Gasteiger partial charge >= 0.3 is 0 Å². The molecule has 0 saturated carbocycles. The molecule has 0 aliphatic heterocycles. The molecule has 0 radical (unpaired) electrons. The van der Waals surface area contributed by atoms with Gasteiger partial charge in [0.1, 0.15) is 0 Å². The molecule has 0 aliphatic carbocycles. The van der Waals surface area contributed by atoms with Crippen LogP contribution in [0, 0.1) is 0 Å². The van der Waals surface area contributed by atoms with Crippen LogP contribution in [0.25, 0.3) is 6.08 Å². The lowest BCUT2D eigenvalue weighted by Gasteiger charge is -2.16. The highest BCUT2D eigenvalue weighted by atomic mass is 32.1. The Hall–Kier alpha value is -2.99. The van der Waals surface area contributed by atoms with Gasteiger partial charge in [-0.05, 0) is 42.1 Å². The van der Waals surface area contributed by atoms with Crippen LogP contribution in [0.2, 0.25) is 0 Å². The molecule has 2 amide bonds. The number of rotatable bonds is 4. The van der Waals surface area contributed by atoms with Gasteiger partial charge in [-0.25, -0.2) is 0 Å². The molecule has 0 atom stereocenters. The van der Waals surface area contributed by atoms with E-state index < -0.39 is 0 Å². The molecule has 0 spiro atoms. The van der Waals surface area contributed by atoms with Crippen LogP contribution in [0.1, 0.15) is 12.5 Å². The summed E-state index contributed by atoms with van der Waals surface area (Å²) in [6, 6.07) is 16.7. The van der Waals surface area contributed by atoms with Gasteiger partial charge in [-0.1, -0.05) is 36.4 Å². The number of anilines is 2. The second-order valence-electron chi connectivity index (χ2n) is 5.32. The maximum atomic E-state index is 11.9. The summed E-state index contributed by atoms with van der Waals surface area (Å²) >= 11 is 5.15. The smallest absolute Gasteiger partial charge is 0.250 e. The van der Waals surface area contributed by atoms with E-state index in [9.17, 15) is 9.59 Å². The fourth-order valence-corrected chi connectivity index (χ4v) is 2.24. The van der Waals surface area contributed by atoms with E-state index in [0.29, 0.717) is 5.69 Å². The van der Waals surface area contributed by atoms with E-state index in [-0.39, 0.29) is 16.9 Å². The van der Waals surface area contributed by atoms with Crippen LogP contribution in [-0.2, 0) is 9.59 Å². The molecule has 25 heavy (non-hydrogen) atoms. The third kappa shape index (κ3) is 5.86. The van der Waals surface area contributed by atoms with Gasteiger partial charge in [-0.3, -0.25) is 14.9 Å². The number of thiocarbonyl (C=S) groups is 1. The van der Waals surface area contributed by atoms with Crippen LogP contribution in [0.15, 0.2) is 60.7 Å². The molecule has 0 unspecified atom stereocenters. The first-order valence-corrected chi connectivity index (χ1v) is 8.06. The van der Waals surface area contributed by atoms with Gasteiger partial charge in [-0.15, -0.1) is 0 Å². The summed E-state index contributed by atoms with van der Waals surface area (Å²) in [5.41, 5.74) is 2.34.